The van der Waals surface area contributed by atoms with E-state index in [0.717, 1.165) is 16.8 Å². The van der Waals surface area contributed by atoms with Crippen LogP contribution in [0.5, 0.6) is 11.5 Å². The number of carbonyl (C=O) groups excluding carboxylic acids is 1. The lowest BCUT2D eigenvalue weighted by Gasteiger charge is -2.22. The van der Waals surface area contributed by atoms with Crippen molar-refractivity contribution < 1.29 is 14.3 Å². The van der Waals surface area contributed by atoms with Crippen molar-refractivity contribution in [2.75, 3.05) is 20.8 Å². The molecule has 0 saturated heterocycles. The van der Waals surface area contributed by atoms with Crippen molar-refractivity contribution in [1.82, 2.24) is 25.1 Å². The lowest BCUT2D eigenvalue weighted by molar-refractivity contribution is -0.130. The number of tetrazole rings is 1. The highest BCUT2D eigenvalue weighted by Crippen LogP contribution is 2.28. The van der Waals surface area contributed by atoms with E-state index in [-0.39, 0.29) is 5.91 Å². The number of rotatable bonds is 8. The van der Waals surface area contributed by atoms with Crippen LogP contribution in [0.25, 0.3) is 5.69 Å². The van der Waals surface area contributed by atoms with Crippen molar-refractivity contribution in [1.29, 1.82) is 0 Å². The van der Waals surface area contributed by atoms with Gasteiger partial charge in [0, 0.05) is 13.1 Å². The molecule has 2 aromatic carbocycles. The molecule has 0 atom stereocenters. The Bertz CT molecular complexity index is 910. The Morgan fingerprint density at radius 1 is 1.04 bits per heavy atom. The minimum atomic E-state index is 0.0625. The summed E-state index contributed by atoms with van der Waals surface area (Å²) in [4.78, 5) is 14.6. The number of ether oxygens (including phenoxy) is 2. The molecule has 0 unspecified atom stereocenters. The van der Waals surface area contributed by atoms with Gasteiger partial charge in [0.25, 0.3) is 0 Å². The number of benzene rings is 2. The zero-order valence-electron chi connectivity index (χ0n) is 16.2. The van der Waals surface area contributed by atoms with Crippen molar-refractivity contribution in [3.63, 3.8) is 0 Å². The first-order chi connectivity index (χ1) is 13.6. The van der Waals surface area contributed by atoms with Gasteiger partial charge in [-0.05, 0) is 52.7 Å². The van der Waals surface area contributed by atoms with Crippen LogP contribution < -0.4 is 9.47 Å². The summed E-state index contributed by atoms with van der Waals surface area (Å²) >= 11 is 0. The Balaban J connectivity index is 1.66. The van der Waals surface area contributed by atoms with Crippen molar-refractivity contribution in [2.24, 2.45) is 0 Å². The summed E-state index contributed by atoms with van der Waals surface area (Å²) in [7, 11) is 3.20. The van der Waals surface area contributed by atoms with Gasteiger partial charge in [-0.1, -0.05) is 18.2 Å². The molecule has 0 radical (unpaired) electrons. The first kappa shape index (κ1) is 19.3. The van der Waals surface area contributed by atoms with Gasteiger partial charge in [0.2, 0.25) is 5.91 Å². The number of hydrogen-bond donors (Lipinski definition) is 0. The van der Waals surface area contributed by atoms with Gasteiger partial charge in [-0.2, -0.15) is 0 Å². The average Bonchev–Trinajstić information content (AvgIpc) is 3.27. The molecule has 1 aromatic heterocycles. The fourth-order valence-electron chi connectivity index (χ4n) is 2.91. The van der Waals surface area contributed by atoms with E-state index >= 15 is 0 Å². The van der Waals surface area contributed by atoms with Gasteiger partial charge in [-0.3, -0.25) is 4.79 Å². The number of nitrogens with zero attached hydrogens (tertiary/aromatic N) is 5. The largest absolute Gasteiger partial charge is 0.493 e. The molecule has 0 aliphatic heterocycles. The molecule has 28 heavy (non-hydrogen) atoms. The zero-order valence-corrected chi connectivity index (χ0v) is 16.2. The summed E-state index contributed by atoms with van der Waals surface area (Å²) < 4.78 is 12.2. The van der Waals surface area contributed by atoms with Gasteiger partial charge in [0.1, 0.15) is 6.33 Å². The lowest BCUT2D eigenvalue weighted by Crippen LogP contribution is -2.31. The first-order valence-electron chi connectivity index (χ1n) is 8.95. The topological polar surface area (TPSA) is 82.4 Å². The third-order valence-corrected chi connectivity index (χ3v) is 4.46. The Hall–Kier alpha value is -3.42. The van der Waals surface area contributed by atoms with E-state index in [9.17, 15) is 4.79 Å². The van der Waals surface area contributed by atoms with Crippen LogP contribution >= 0.6 is 0 Å². The molecule has 0 N–H and O–H groups in total. The molecule has 3 rings (SSSR count). The molecule has 0 saturated carbocycles. The van der Waals surface area contributed by atoms with Crippen LogP contribution in [-0.2, 0) is 17.8 Å². The molecule has 0 bridgehead atoms. The molecule has 8 nitrogen and oxygen atoms in total. The summed E-state index contributed by atoms with van der Waals surface area (Å²) in [5.41, 5.74) is 2.77. The summed E-state index contributed by atoms with van der Waals surface area (Å²) in [5, 5.41) is 11.1. The van der Waals surface area contributed by atoms with Crippen molar-refractivity contribution in [3.8, 4) is 17.2 Å². The monoisotopic (exact) mass is 381 g/mol. The maximum Gasteiger partial charge on any atom is 0.227 e. The minimum Gasteiger partial charge on any atom is -0.493 e. The molecule has 0 fully saturated rings. The normalized spacial score (nSPS) is 10.5. The first-order valence-corrected chi connectivity index (χ1v) is 8.95. The molecule has 1 heterocycles. The van der Waals surface area contributed by atoms with E-state index in [1.54, 1.807) is 18.9 Å². The Labute approximate surface area is 163 Å². The van der Waals surface area contributed by atoms with E-state index < -0.39 is 0 Å². The fourth-order valence-corrected chi connectivity index (χ4v) is 2.91. The zero-order chi connectivity index (χ0) is 19.9. The number of methoxy groups -OCH3 is 2. The van der Waals surface area contributed by atoms with Crippen LogP contribution in [0.15, 0.2) is 48.8 Å². The number of likely N-dealkylation sites (N-methyl/N-ethyl adjacent to an activating group) is 1. The summed E-state index contributed by atoms with van der Waals surface area (Å²) in [6.45, 7) is 3.10. The number of amides is 1. The van der Waals surface area contributed by atoms with Gasteiger partial charge in [-0.15, -0.1) is 5.10 Å². The Morgan fingerprint density at radius 3 is 2.36 bits per heavy atom. The second kappa shape index (κ2) is 8.98. The van der Waals surface area contributed by atoms with Gasteiger partial charge < -0.3 is 14.4 Å². The van der Waals surface area contributed by atoms with Gasteiger partial charge in [0.15, 0.2) is 11.5 Å². The fraction of sp³-hybridized carbons (Fsp3) is 0.300. The molecule has 146 valence electrons. The number of hydrogen-bond acceptors (Lipinski definition) is 6. The highest BCUT2D eigenvalue weighted by molar-refractivity contribution is 5.78. The van der Waals surface area contributed by atoms with Crippen molar-refractivity contribution >= 4 is 5.91 Å². The van der Waals surface area contributed by atoms with Gasteiger partial charge >= 0.3 is 0 Å². The van der Waals surface area contributed by atoms with Crippen molar-refractivity contribution in [3.05, 3.63) is 59.9 Å². The summed E-state index contributed by atoms with van der Waals surface area (Å²) in [6.07, 6.45) is 1.86. The van der Waals surface area contributed by atoms with E-state index in [1.807, 2.05) is 54.3 Å². The predicted molar refractivity (Wildman–Crippen MR) is 103 cm³/mol. The highest BCUT2D eigenvalue weighted by Gasteiger charge is 2.14. The van der Waals surface area contributed by atoms with Gasteiger partial charge in [-0.25, -0.2) is 4.68 Å². The van der Waals surface area contributed by atoms with Crippen LogP contribution in [0.2, 0.25) is 0 Å². The molecular weight excluding hydrogens is 358 g/mol. The molecule has 3 aromatic rings. The smallest absolute Gasteiger partial charge is 0.227 e. The third-order valence-electron chi connectivity index (χ3n) is 4.46. The van der Waals surface area contributed by atoms with Crippen molar-refractivity contribution in [2.45, 2.75) is 19.9 Å². The lowest BCUT2D eigenvalue weighted by atomic mass is 10.1. The van der Waals surface area contributed by atoms with Crippen LogP contribution in [0.1, 0.15) is 18.1 Å². The van der Waals surface area contributed by atoms with Crippen LogP contribution in [0.3, 0.4) is 0 Å². The maximum absolute atomic E-state index is 12.8. The summed E-state index contributed by atoms with van der Waals surface area (Å²) in [5.74, 6) is 1.39. The Morgan fingerprint density at radius 2 is 1.75 bits per heavy atom. The van der Waals surface area contributed by atoms with E-state index in [1.165, 1.54) is 6.33 Å². The SMILES string of the molecule is CCN(Cc1ccc(OC)c(OC)c1)C(=O)Cc1ccc(-n2cnnn2)cc1. The average molecular weight is 381 g/mol. The second-order valence-electron chi connectivity index (χ2n) is 6.19. The molecular formula is C20H23N5O3. The van der Waals surface area contributed by atoms with E-state index in [4.69, 9.17) is 9.47 Å². The predicted octanol–water partition coefficient (Wildman–Crippen LogP) is 2.27. The van der Waals surface area contributed by atoms with Crippen LogP contribution in [0, 0.1) is 0 Å². The molecule has 0 aliphatic rings. The molecule has 1 amide bonds. The highest BCUT2D eigenvalue weighted by atomic mass is 16.5. The summed E-state index contributed by atoms with van der Waals surface area (Å²) in [6, 6.07) is 13.3. The molecule has 0 spiro atoms. The second-order valence-corrected chi connectivity index (χ2v) is 6.19. The molecule has 8 heteroatoms. The quantitative estimate of drug-likeness (QED) is 0.595. The van der Waals surface area contributed by atoms with E-state index in [2.05, 4.69) is 15.5 Å². The standard InChI is InChI=1S/C20H23N5O3/c1-4-24(13-16-7-10-18(27-2)19(11-16)28-3)20(26)12-15-5-8-17(9-6-15)25-14-21-22-23-25/h5-11,14H,4,12-13H2,1-3H3. The van der Waals surface area contributed by atoms with Crippen LogP contribution in [-0.4, -0.2) is 51.8 Å². The molecule has 0 aliphatic carbocycles. The Kier molecular flexibility index (Phi) is 6.21. The van der Waals surface area contributed by atoms with Crippen LogP contribution in [0.4, 0.5) is 0 Å². The maximum atomic E-state index is 12.8. The van der Waals surface area contributed by atoms with E-state index in [0.29, 0.717) is 31.0 Å². The number of aromatic nitrogens is 4. The van der Waals surface area contributed by atoms with Gasteiger partial charge in [0.05, 0.1) is 26.3 Å². The minimum absolute atomic E-state index is 0.0625. The third kappa shape index (κ3) is 4.46. The number of carbonyl (C=O) groups is 1.